The third-order valence-electron chi connectivity index (χ3n) is 5.29. The van der Waals surface area contributed by atoms with Crippen LogP contribution in [0, 0.1) is 0 Å². The van der Waals surface area contributed by atoms with Gasteiger partial charge in [0.25, 0.3) is 5.91 Å². The van der Waals surface area contributed by atoms with Gasteiger partial charge >= 0.3 is 0 Å². The maximum atomic E-state index is 12.8. The molecule has 3 aromatic rings. The Morgan fingerprint density at radius 2 is 1.71 bits per heavy atom. The van der Waals surface area contributed by atoms with Crippen molar-refractivity contribution in [3.05, 3.63) is 66.0 Å². The maximum absolute atomic E-state index is 12.8. The first-order valence-corrected chi connectivity index (χ1v) is 9.75. The van der Waals surface area contributed by atoms with E-state index in [-0.39, 0.29) is 11.8 Å². The van der Waals surface area contributed by atoms with Crippen molar-refractivity contribution in [1.82, 2.24) is 19.8 Å². The lowest BCUT2D eigenvalue weighted by Gasteiger charge is -2.35. The number of hydrogen-bond acceptors (Lipinski definition) is 3. The van der Waals surface area contributed by atoms with E-state index in [9.17, 15) is 9.59 Å². The Bertz CT molecular complexity index is 959. The summed E-state index contributed by atoms with van der Waals surface area (Å²) < 4.78 is 0. The van der Waals surface area contributed by atoms with Crippen molar-refractivity contribution in [1.29, 1.82) is 0 Å². The van der Waals surface area contributed by atoms with Crippen LogP contribution in [-0.2, 0) is 11.2 Å². The van der Waals surface area contributed by atoms with E-state index in [1.165, 1.54) is 5.56 Å². The molecule has 2 amide bonds. The second kappa shape index (κ2) is 8.25. The fourth-order valence-corrected chi connectivity index (χ4v) is 3.66. The lowest BCUT2D eigenvalue weighted by Crippen LogP contribution is -2.50. The van der Waals surface area contributed by atoms with Gasteiger partial charge in [0.1, 0.15) is 0 Å². The summed E-state index contributed by atoms with van der Waals surface area (Å²) in [6, 6.07) is 15.7. The fourth-order valence-electron chi connectivity index (χ4n) is 3.66. The molecule has 0 atom stereocenters. The number of nitrogens with one attached hydrogen (secondary N) is 1. The first kappa shape index (κ1) is 18.2. The quantitative estimate of drug-likeness (QED) is 0.744. The van der Waals surface area contributed by atoms with Crippen molar-refractivity contribution in [3.8, 4) is 0 Å². The van der Waals surface area contributed by atoms with Crippen LogP contribution >= 0.6 is 0 Å². The van der Waals surface area contributed by atoms with Gasteiger partial charge in [-0.1, -0.05) is 30.3 Å². The zero-order valence-corrected chi connectivity index (χ0v) is 15.8. The van der Waals surface area contributed by atoms with Gasteiger partial charge in [0.15, 0.2) is 0 Å². The van der Waals surface area contributed by atoms with E-state index in [1.807, 2.05) is 46.2 Å². The van der Waals surface area contributed by atoms with Crippen LogP contribution in [0.2, 0.25) is 0 Å². The molecule has 0 bridgehead atoms. The standard InChI is InChI=1S/C22H24N4O2/c27-21(8-4-7-17-5-2-1-3-6-17)25-11-13-26(14-12-25)22(28)18-9-10-19-20(15-18)24-16-23-19/h1-3,5-6,9-10,15-16H,4,7-8,11-14H2,(H,23,24). The number of rotatable bonds is 5. The van der Waals surface area contributed by atoms with Gasteiger partial charge in [-0.05, 0) is 36.6 Å². The predicted octanol–water partition coefficient (Wildman–Crippen LogP) is 2.87. The largest absolute Gasteiger partial charge is 0.345 e. The minimum atomic E-state index is 0.00711. The first-order chi connectivity index (χ1) is 13.7. The van der Waals surface area contributed by atoms with E-state index in [4.69, 9.17) is 0 Å². The Morgan fingerprint density at radius 1 is 0.964 bits per heavy atom. The number of aryl methyl sites for hydroxylation is 1. The highest BCUT2D eigenvalue weighted by atomic mass is 16.2. The molecule has 1 N–H and O–H groups in total. The Morgan fingerprint density at radius 3 is 2.50 bits per heavy atom. The van der Waals surface area contributed by atoms with Gasteiger partial charge < -0.3 is 14.8 Å². The van der Waals surface area contributed by atoms with Crippen LogP contribution in [0.5, 0.6) is 0 Å². The molecular formula is C22H24N4O2. The minimum absolute atomic E-state index is 0.00711. The molecule has 1 saturated heterocycles. The molecule has 0 radical (unpaired) electrons. The second-order valence-corrected chi connectivity index (χ2v) is 7.15. The number of carbonyl (C=O) groups is 2. The van der Waals surface area contributed by atoms with E-state index >= 15 is 0 Å². The van der Waals surface area contributed by atoms with Gasteiger partial charge in [-0.2, -0.15) is 0 Å². The van der Waals surface area contributed by atoms with Crippen LogP contribution in [-0.4, -0.2) is 57.8 Å². The molecule has 1 aromatic heterocycles. The first-order valence-electron chi connectivity index (χ1n) is 9.75. The highest BCUT2D eigenvalue weighted by molar-refractivity contribution is 5.97. The van der Waals surface area contributed by atoms with Gasteiger partial charge in [-0.25, -0.2) is 4.98 Å². The number of piperazine rings is 1. The summed E-state index contributed by atoms with van der Waals surface area (Å²) >= 11 is 0. The molecule has 6 nitrogen and oxygen atoms in total. The SMILES string of the molecule is O=C(CCCc1ccccc1)N1CCN(C(=O)c2ccc3nc[nH]c3c2)CC1. The summed E-state index contributed by atoms with van der Waals surface area (Å²) in [5.41, 5.74) is 3.62. The van der Waals surface area contributed by atoms with Gasteiger partial charge in [0, 0.05) is 38.2 Å². The van der Waals surface area contributed by atoms with E-state index < -0.39 is 0 Å². The van der Waals surface area contributed by atoms with Gasteiger partial charge in [0.2, 0.25) is 5.91 Å². The number of H-pyrrole nitrogens is 1. The van der Waals surface area contributed by atoms with Gasteiger partial charge in [0.05, 0.1) is 17.4 Å². The molecule has 4 rings (SSSR count). The molecule has 1 aliphatic rings. The van der Waals surface area contributed by atoms with Crippen molar-refractivity contribution < 1.29 is 9.59 Å². The maximum Gasteiger partial charge on any atom is 0.254 e. The predicted molar refractivity (Wildman–Crippen MR) is 108 cm³/mol. The lowest BCUT2D eigenvalue weighted by molar-refractivity contribution is -0.132. The Labute approximate surface area is 164 Å². The monoisotopic (exact) mass is 376 g/mol. The second-order valence-electron chi connectivity index (χ2n) is 7.15. The summed E-state index contributed by atoms with van der Waals surface area (Å²) in [5, 5.41) is 0. The number of hydrogen-bond donors (Lipinski definition) is 1. The number of benzene rings is 2. The summed E-state index contributed by atoms with van der Waals surface area (Å²) in [7, 11) is 0. The van der Waals surface area contributed by atoms with Crippen LogP contribution in [0.4, 0.5) is 0 Å². The number of imidazole rings is 1. The van der Waals surface area contributed by atoms with Crippen molar-refractivity contribution in [2.75, 3.05) is 26.2 Å². The molecule has 28 heavy (non-hydrogen) atoms. The zero-order chi connectivity index (χ0) is 19.3. The van der Waals surface area contributed by atoms with E-state index in [2.05, 4.69) is 22.1 Å². The average molecular weight is 376 g/mol. The molecule has 0 spiro atoms. The van der Waals surface area contributed by atoms with Crippen LogP contribution in [0.15, 0.2) is 54.9 Å². The highest BCUT2D eigenvalue weighted by Gasteiger charge is 2.24. The number of aromatic nitrogens is 2. The Hall–Kier alpha value is -3.15. The topological polar surface area (TPSA) is 69.3 Å². The third-order valence-corrected chi connectivity index (χ3v) is 5.29. The average Bonchev–Trinajstić information content (AvgIpc) is 3.22. The number of carbonyl (C=O) groups excluding carboxylic acids is 2. The number of amides is 2. The van der Waals surface area contributed by atoms with Crippen LogP contribution in [0.25, 0.3) is 11.0 Å². The van der Waals surface area contributed by atoms with Crippen LogP contribution in [0.3, 0.4) is 0 Å². The smallest absolute Gasteiger partial charge is 0.254 e. The fraction of sp³-hybridized carbons (Fsp3) is 0.318. The molecule has 144 valence electrons. The Balaban J connectivity index is 1.26. The van der Waals surface area contributed by atoms with Crippen molar-refractivity contribution in [3.63, 3.8) is 0 Å². The van der Waals surface area contributed by atoms with Crippen LogP contribution < -0.4 is 0 Å². The molecule has 0 saturated carbocycles. The third kappa shape index (κ3) is 4.06. The zero-order valence-electron chi connectivity index (χ0n) is 15.8. The van der Waals surface area contributed by atoms with Gasteiger partial charge in [-0.3, -0.25) is 9.59 Å². The molecular weight excluding hydrogens is 352 g/mol. The molecule has 2 aromatic carbocycles. The van der Waals surface area contributed by atoms with Gasteiger partial charge in [-0.15, -0.1) is 0 Å². The van der Waals surface area contributed by atoms with Crippen molar-refractivity contribution >= 4 is 22.8 Å². The van der Waals surface area contributed by atoms with E-state index in [1.54, 1.807) is 6.33 Å². The van der Waals surface area contributed by atoms with Crippen molar-refractivity contribution in [2.24, 2.45) is 0 Å². The lowest BCUT2D eigenvalue weighted by atomic mass is 10.1. The summed E-state index contributed by atoms with van der Waals surface area (Å²) in [6.45, 7) is 2.35. The summed E-state index contributed by atoms with van der Waals surface area (Å²) in [5.74, 6) is 0.189. The Kier molecular flexibility index (Phi) is 5.37. The molecule has 1 fully saturated rings. The van der Waals surface area contributed by atoms with Crippen molar-refractivity contribution in [2.45, 2.75) is 19.3 Å². The number of fused-ring (bicyclic) bond motifs is 1. The number of nitrogens with zero attached hydrogens (tertiary/aromatic N) is 3. The summed E-state index contributed by atoms with van der Waals surface area (Å²) in [6.07, 6.45) is 3.95. The van der Waals surface area contributed by atoms with E-state index in [0.29, 0.717) is 38.2 Å². The van der Waals surface area contributed by atoms with E-state index in [0.717, 1.165) is 23.9 Å². The molecule has 0 unspecified atom stereocenters. The molecule has 6 heteroatoms. The number of aromatic amines is 1. The normalized spacial score (nSPS) is 14.4. The molecule has 0 aliphatic carbocycles. The molecule has 2 heterocycles. The minimum Gasteiger partial charge on any atom is -0.345 e. The highest BCUT2D eigenvalue weighted by Crippen LogP contribution is 2.15. The molecule has 1 aliphatic heterocycles. The van der Waals surface area contributed by atoms with Crippen LogP contribution in [0.1, 0.15) is 28.8 Å². The summed E-state index contributed by atoms with van der Waals surface area (Å²) in [4.78, 5) is 36.1.